The average molecular weight is 558 g/mol. The molecule has 1 aliphatic heterocycles. The highest BCUT2D eigenvalue weighted by atomic mass is 35.5. The van der Waals surface area contributed by atoms with Gasteiger partial charge in [0, 0.05) is 12.5 Å². The molecule has 2 aromatic carbocycles. The maximum Gasteiger partial charge on any atom is 0.264 e. The maximum atomic E-state index is 13.8. The van der Waals surface area contributed by atoms with E-state index in [-0.39, 0.29) is 40.4 Å². The first-order valence-electron chi connectivity index (χ1n) is 13.2. The van der Waals surface area contributed by atoms with Gasteiger partial charge in [0.1, 0.15) is 0 Å². The molecule has 2 bridgehead atoms. The van der Waals surface area contributed by atoms with E-state index in [1.165, 1.54) is 22.5 Å². The predicted octanol–water partition coefficient (Wildman–Crippen LogP) is 5.32. The number of rotatable bonds is 3. The van der Waals surface area contributed by atoms with Crippen LogP contribution in [0.3, 0.4) is 0 Å². The van der Waals surface area contributed by atoms with E-state index in [4.69, 9.17) is 11.6 Å². The highest BCUT2D eigenvalue weighted by Gasteiger charge is 2.37. The van der Waals surface area contributed by atoms with E-state index in [9.17, 15) is 18.0 Å². The van der Waals surface area contributed by atoms with Crippen LogP contribution in [0.5, 0.6) is 0 Å². The zero-order chi connectivity index (χ0) is 27.3. The number of hydrogen-bond acceptors (Lipinski definition) is 4. The van der Waals surface area contributed by atoms with Crippen LogP contribution in [0.2, 0.25) is 5.02 Å². The Bertz CT molecular complexity index is 1290. The largest absolute Gasteiger partial charge is 0.350 e. The number of amides is 2. The summed E-state index contributed by atoms with van der Waals surface area (Å²) >= 11 is 6.36. The zero-order valence-electron chi connectivity index (χ0n) is 22.0. The molecule has 2 aliphatic rings. The number of hydrogen-bond donors (Lipinski definition) is 2. The molecule has 1 atom stereocenters. The summed E-state index contributed by atoms with van der Waals surface area (Å²) in [6, 6.07) is 13.0. The summed E-state index contributed by atoms with van der Waals surface area (Å²) in [5, 5.41) is 6.39. The summed E-state index contributed by atoms with van der Waals surface area (Å²) in [6.45, 7) is 4.51. The quantitative estimate of drug-likeness (QED) is 0.499. The fourth-order valence-electron chi connectivity index (χ4n) is 5.32. The van der Waals surface area contributed by atoms with E-state index in [2.05, 4.69) is 24.5 Å². The number of allylic oxidation sites excluding steroid dienone is 1. The lowest BCUT2D eigenvalue weighted by molar-refractivity contribution is -0.127. The van der Waals surface area contributed by atoms with Gasteiger partial charge in [-0.15, -0.1) is 0 Å². The monoisotopic (exact) mass is 557 g/mol. The first-order chi connectivity index (χ1) is 18.1. The van der Waals surface area contributed by atoms with Crippen LogP contribution in [0.25, 0.3) is 0 Å². The van der Waals surface area contributed by atoms with Gasteiger partial charge in [0.2, 0.25) is 5.91 Å². The molecule has 1 unspecified atom stereocenters. The van der Waals surface area contributed by atoms with Gasteiger partial charge in [0.25, 0.3) is 15.9 Å². The smallest absolute Gasteiger partial charge is 0.264 e. The van der Waals surface area contributed by atoms with Crippen molar-refractivity contribution in [3.8, 4) is 0 Å². The number of anilines is 1. The molecule has 2 amide bonds. The summed E-state index contributed by atoms with van der Waals surface area (Å²) in [5.41, 5.74) is 0.0580. The van der Waals surface area contributed by atoms with E-state index in [0.717, 1.165) is 25.7 Å². The van der Waals surface area contributed by atoms with E-state index >= 15 is 0 Å². The highest BCUT2D eigenvalue weighted by molar-refractivity contribution is 7.92. The lowest BCUT2D eigenvalue weighted by Gasteiger charge is -2.33. The van der Waals surface area contributed by atoms with Crippen LogP contribution >= 0.6 is 11.6 Å². The Labute approximate surface area is 230 Å². The molecule has 204 valence electrons. The fourth-order valence-corrected chi connectivity index (χ4v) is 6.96. The molecule has 2 aromatic rings. The molecule has 0 radical (unpaired) electrons. The van der Waals surface area contributed by atoms with E-state index in [1.807, 2.05) is 12.1 Å². The number of benzene rings is 2. The van der Waals surface area contributed by atoms with Crippen molar-refractivity contribution in [3.05, 3.63) is 71.3 Å². The van der Waals surface area contributed by atoms with Gasteiger partial charge in [-0.25, -0.2) is 8.42 Å². The van der Waals surface area contributed by atoms with Crippen LogP contribution < -0.4 is 14.9 Å². The molecule has 1 spiro atoms. The molecular formula is C29H36ClN3O4S. The molecule has 9 heteroatoms. The number of para-hydroxylation sites is 1. The van der Waals surface area contributed by atoms with Gasteiger partial charge in [0.15, 0.2) is 0 Å². The lowest BCUT2D eigenvalue weighted by atomic mass is 9.90. The Hall–Kier alpha value is -2.84. The van der Waals surface area contributed by atoms with Crippen LogP contribution in [0, 0.1) is 11.8 Å². The standard InChI is InChI=1S/C29H36ClN3O4S/c1-21(2)18-22-10-6-9-17-33(23-11-4-3-5-12-23)38(36,37)24-13-14-26(30)25(19-24)28(35)31-20-29(32-27(22)34)15-7-8-16-29/h3-6,9,11-14,19,21-22H,7-8,10,15-18,20H2,1-2H3,(H,31,35)(H,32,34)/b9-6+. The molecule has 4 rings (SSSR count). The van der Waals surface area contributed by atoms with Crippen molar-refractivity contribution in [2.75, 3.05) is 17.4 Å². The van der Waals surface area contributed by atoms with Crippen LogP contribution in [-0.2, 0) is 14.8 Å². The Kier molecular flexibility index (Phi) is 8.83. The van der Waals surface area contributed by atoms with E-state index < -0.39 is 21.5 Å². The number of carbonyl (C=O) groups excluding carboxylic acids is 2. The van der Waals surface area contributed by atoms with Crippen molar-refractivity contribution in [3.63, 3.8) is 0 Å². The minimum Gasteiger partial charge on any atom is -0.350 e. The molecule has 1 heterocycles. The van der Waals surface area contributed by atoms with Crippen molar-refractivity contribution < 1.29 is 18.0 Å². The van der Waals surface area contributed by atoms with Crippen molar-refractivity contribution in [1.29, 1.82) is 0 Å². The molecule has 38 heavy (non-hydrogen) atoms. The van der Waals surface area contributed by atoms with Crippen LogP contribution in [0.1, 0.15) is 62.7 Å². The van der Waals surface area contributed by atoms with Gasteiger partial charge in [0.05, 0.1) is 33.3 Å². The second-order valence-electron chi connectivity index (χ2n) is 10.7. The summed E-state index contributed by atoms with van der Waals surface area (Å²) in [5.74, 6) is -0.433. The first-order valence-corrected chi connectivity index (χ1v) is 15.1. The minimum atomic E-state index is -4.02. The summed E-state index contributed by atoms with van der Waals surface area (Å²) in [6.07, 6.45) is 8.39. The van der Waals surface area contributed by atoms with Crippen LogP contribution in [0.4, 0.5) is 5.69 Å². The molecule has 2 N–H and O–H groups in total. The highest BCUT2D eigenvalue weighted by Crippen LogP contribution is 2.31. The molecule has 1 aliphatic carbocycles. The zero-order valence-corrected chi connectivity index (χ0v) is 23.5. The van der Waals surface area contributed by atoms with Gasteiger partial charge in [-0.3, -0.25) is 13.9 Å². The third kappa shape index (κ3) is 6.41. The average Bonchev–Trinajstić information content (AvgIpc) is 3.34. The normalized spacial score (nSPS) is 22.7. The predicted molar refractivity (Wildman–Crippen MR) is 151 cm³/mol. The van der Waals surface area contributed by atoms with Gasteiger partial charge in [-0.1, -0.05) is 68.6 Å². The Morgan fingerprint density at radius 3 is 2.45 bits per heavy atom. The Morgan fingerprint density at radius 1 is 1.05 bits per heavy atom. The Morgan fingerprint density at radius 2 is 1.76 bits per heavy atom. The van der Waals surface area contributed by atoms with Crippen molar-refractivity contribution in [1.82, 2.24) is 10.6 Å². The van der Waals surface area contributed by atoms with Crippen molar-refractivity contribution in [2.24, 2.45) is 11.8 Å². The number of sulfonamides is 1. The molecule has 0 aromatic heterocycles. The fraction of sp³-hybridized carbons (Fsp3) is 0.448. The third-order valence-electron chi connectivity index (χ3n) is 7.34. The molecule has 1 saturated carbocycles. The van der Waals surface area contributed by atoms with Gasteiger partial charge < -0.3 is 10.6 Å². The topological polar surface area (TPSA) is 95.6 Å². The minimum absolute atomic E-state index is 0.0158. The maximum absolute atomic E-state index is 13.8. The number of nitrogens with zero attached hydrogens (tertiary/aromatic N) is 1. The number of nitrogens with one attached hydrogen (secondary N) is 2. The van der Waals surface area contributed by atoms with E-state index in [1.54, 1.807) is 30.3 Å². The lowest BCUT2D eigenvalue weighted by Crippen LogP contribution is -2.55. The number of fused-ring (bicyclic) bond motifs is 2. The SMILES string of the molecule is CC(C)CC1C/C=C/CN(c2ccccc2)S(=O)(=O)c2ccc(Cl)c(c2)C(=O)NCC2(CCCC2)NC1=O. The van der Waals surface area contributed by atoms with Gasteiger partial charge in [-0.2, -0.15) is 0 Å². The number of halogens is 1. The second-order valence-corrected chi connectivity index (χ2v) is 13.0. The van der Waals surface area contributed by atoms with E-state index in [0.29, 0.717) is 24.4 Å². The van der Waals surface area contributed by atoms with Crippen LogP contribution in [0.15, 0.2) is 65.6 Å². The molecule has 0 saturated heterocycles. The second kappa shape index (κ2) is 11.9. The Balaban J connectivity index is 1.77. The molecular weight excluding hydrogens is 522 g/mol. The van der Waals surface area contributed by atoms with Crippen molar-refractivity contribution in [2.45, 2.75) is 62.8 Å². The van der Waals surface area contributed by atoms with Gasteiger partial charge in [-0.05, 0) is 61.9 Å². The summed E-state index contributed by atoms with van der Waals surface area (Å²) < 4.78 is 29.0. The first kappa shape index (κ1) is 28.2. The third-order valence-corrected chi connectivity index (χ3v) is 9.46. The summed E-state index contributed by atoms with van der Waals surface area (Å²) in [4.78, 5) is 26.7. The number of carbonyl (C=O) groups is 2. The summed E-state index contributed by atoms with van der Waals surface area (Å²) in [7, 11) is -4.02. The molecule has 7 nitrogen and oxygen atoms in total. The van der Waals surface area contributed by atoms with Crippen molar-refractivity contribution >= 4 is 39.1 Å². The van der Waals surface area contributed by atoms with Crippen LogP contribution in [-0.4, -0.2) is 38.9 Å². The van der Waals surface area contributed by atoms with Gasteiger partial charge >= 0.3 is 0 Å². The molecule has 1 fully saturated rings.